The second-order valence-corrected chi connectivity index (χ2v) is 4.46. The van der Waals surface area contributed by atoms with Gasteiger partial charge in [0.1, 0.15) is 12.0 Å². The molecule has 0 saturated heterocycles. The smallest absolute Gasteiger partial charge is 0.192 e. The lowest BCUT2D eigenvalue weighted by atomic mass is 10.1. The van der Waals surface area contributed by atoms with Crippen LogP contribution in [0.3, 0.4) is 0 Å². The maximum atomic E-state index is 4.80. The number of aliphatic imine (C=N–C) groups is 1. The highest BCUT2D eigenvalue weighted by Gasteiger charge is 2.07. The van der Waals surface area contributed by atoms with Gasteiger partial charge in [-0.05, 0) is 19.4 Å². The third kappa shape index (κ3) is 4.12. The van der Waals surface area contributed by atoms with E-state index in [9.17, 15) is 0 Å². The molecule has 0 spiro atoms. The number of nitrogens with zero attached hydrogens (tertiary/aromatic N) is 2. The van der Waals surface area contributed by atoms with Crippen LogP contribution in [-0.4, -0.2) is 17.7 Å². The van der Waals surface area contributed by atoms with Gasteiger partial charge in [0.15, 0.2) is 5.96 Å². The Kier molecular flexibility index (Phi) is 5.17. The zero-order valence-electron chi connectivity index (χ0n) is 11.8. The molecule has 20 heavy (non-hydrogen) atoms. The number of guanidine groups is 1. The van der Waals surface area contributed by atoms with E-state index in [2.05, 4.69) is 39.8 Å². The maximum Gasteiger partial charge on any atom is 0.192 e. The molecule has 0 aliphatic rings. The van der Waals surface area contributed by atoms with Crippen molar-refractivity contribution in [3.8, 4) is 0 Å². The van der Waals surface area contributed by atoms with Gasteiger partial charge in [0.25, 0.3) is 0 Å². The molecule has 1 heterocycles. The predicted molar refractivity (Wildman–Crippen MR) is 79.3 cm³/mol. The lowest BCUT2D eigenvalue weighted by Crippen LogP contribution is -2.38. The van der Waals surface area contributed by atoms with Crippen LogP contribution >= 0.6 is 0 Å². The highest BCUT2D eigenvalue weighted by molar-refractivity contribution is 5.80. The first-order valence-corrected chi connectivity index (χ1v) is 6.78. The topological polar surface area (TPSA) is 62.5 Å². The van der Waals surface area contributed by atoms with E-state index in [1.54, 1.807) is 6.26 Å². The molecule has 1 aromatic heterocycles. The molecule has 0 aliphatic heterocycles. The molecule has 0 saturated carbocycles. The van der Waals surface area contributed by atoms with E-state index in [4.69, 9.17) is 4.52 Å². The molecule has 1 atom stereocenters. The van der Waals surface area contributed by atoms with Crippen LogP contribution in [-0.2, 0) is 6.54 Å². The molecule has 2 rings (SSSR count). The van der Waals surface area contributed by atoms with Crippen molar-refractivity contribution in [3.05, 3.63) is 53.9 Å². The van der Waals surface area contributed by atoms with Gasteiger partial charge in [-0.3, -0.25) is 0 Å². The van der Waals surface area contributed by atoms with Crippen LogP contribution in [0.4, 0.5) is 0 Å². The Bertz CT molecular complexity index is 522. The van der Waals surface area contributed by atoms with Crippen molar-refractivity contribution in [1.82, 2.24) is 15.8 Å². The Hall–Kier alpha value is -2.30. The maximum absolute atomic E-state index is 4.80. The van der Waals surface area contributed by atoms with Gasteiger partial charge in [-0.15, -0.1) is 0 Å². The number of aromatic nitrogens is 1. The summed E-state index contributed by atoms with van der Waals surface area (Å²) in [4.78, 5) is 4.49. The van der Waals surface area contributed by atoms with Crippen molar-refractivity contribution >= 4 is 5.96 Å². The second kappa shape index (κ2) is 7.33. The minimum absolute atomic E-state index is 0.186. The molecular formula is C15H20N4O. The predicted octanol–water partition coefficient (Wildman–Crippen LogP) is 2.49. The van der Waals surface area contributed by atoms with E-state index < -0.39 is 0 Å². The van der Waals surface area contributed by atoms with Crippen LogP contribution in [0.15, 0.2) is 52.2 Å². The Morgan fingerprint density at radius 3 is 2.75 bits per heavy atom. The number of rotatable bonds is 5. The lowest BCUT2D eigenvalue weighted by molar-refractivity contribution is 0.412. The average Bonchev–Trinajstić information content (AvgIpc) is 2.99. The fourth-order valence-corrected chi connectivity index (χ4v) is 1.83. The molecule has 0 bridgehead atoms. The molecule has 1 aromatic carbocycles. The van der Waals surface area contributed by atoms with E-state index in [-0.39, 0.29) is 6.04 Å². The van der Waals surface area contributed by atoms with Crippen molar-refractivity contribution in [3.63, 3.8) is 0 Å². The number of hydrogen-bond acceptors (Lipinski definition) is 3. The molecule has 2 aromatic rings. The summed E-state index contributed by atoms with van der Waals surface area (Å²) in [6.07, 6.45) is 1.55. The molecule has 5 heteroatoms. The average molecular weight is 272 g/mol. The summed E-state index contributed by atoms with van der Waals surface area (Å²) in [5.41, 5.74) is 2.04. The van der Waals surface area contributed by atoms with Gasteiger partial charge >= 0.3 is 0 Å². The van der Waals surface area contributed by atoms with E-state index in [1.165, 1.54) is 5.56 Å². The Morgan fingerprint density at radius 1 is 1.30 bits per heavy atom. The van der Waals surface area contributed by atoms with Gasteiger partial charge in [-0.25, -0.2) is 4.99 Å². The van der Waals surface area contributed by atoms with Crippen molar-refractivity contribution in [2.24, 2.45) is 4.99 Å². The molecule has 0 fully saturated rings. The lowest BCUT2D eigenvalue weighted by Gasteiger charge is -2.18. The van der Waals surface area contributed by atoms with Crippen LogP contribution in [0.5, 0.6) is 0 Å². The van der Waals surface area contributed by atoms with Crippen molar-refractivity contribution in [1.29, 1.82) is 0 Å². The van der Waals surface area contributed by atoms with Crippen LogP contribution in [0.2, 0.25) is 0 Å². The molecule has 5 nitrogen and oxygen atoms in total. The standard InChI is InChI=1S/C15H20N4O/c1-3-16-15(17-11-14-9-10-20-19-14)18-12(2)13-7-5-4-6-8-13/h4-10,12H,3,11H2,1-2H3,(H2,16,17,18). The molecule has 1 unspecified atom stereocenters. The highest BCUT2D eigenvalue weighted by Crippen LogP contribution is 2.10. The Balaban J connectivity index is 1.99. The van der Waals surface area contributed by atoms with Crippen molar-refractivity contribution in [2.45, 2.75) is 26.4 Å². The molecule has 0 aliphatic carbocycles. The van der Waals surface area contributed by atoms with Crippen molar-refractivity contribution in [2.75, 3.05) is 6.54 Å². The zero-order chi connectivity index (χ0) is 14.2. The SMILES string of the molecule is CCNC(=NCc1ccon1)NC(C)c1ccccc1. The van der Waals surface area contributed by atoms with Gasteiger partial charge in [0.05, 0.1) is 12.6 Å². The van der Waals surface area contributed by atoms with E-state index in [0.717, 1.165) is 18.2 Å². The molecule has 0 radical (unpaired) electrons. The number of nitrogens with one attached hydrogen (secondary N) is 2. The van der Waals surface area contributed by atoms with E-state index >= 15 is 0 Å². The third-order valence-corrected chi connectivity index (χ3v) is 2.89. The molecule has 106 valence electrons. The van der Waals surface area contributed by atoms with Crippen LogP contribution < -0.4 is 10.6 Å². The highest BCUT2D eigenvalue weighted by atomic mass is 16.5. The quantitative estimate of drug-likeness (QED) is 0.648. The fourth-order valence-electron chi connectivity index (χ4n) is 1.83. The summed E-state index contributed by atoms with van der Waals surface area (Å²) in [5, 5.41) is 10.5. The van der Waals surface area contributed by atoms with E-state index in [0.29, 0.717) is 6.54 Å². The van der Waals surface area contributed by atoms with E-state index in [1.807, 2.05) is 31.2 Å². The monoisotopic (exact) mass is 272 g/mol. The summed E-state index contributed by atoms with van der Waals surface area (Å²) < 4.78 is 4.80. The van der Waals surface area contributed by atoms with Crippen LogP contribution in [0.25, 0.3) is 0 Å². The Labute approximate surface area is 119 Å². The molecular weight excluding hydrogens is 252 g/mol. The third-order valence-electron chi connectivity index (χ3n) is 2.89. The summed E-state index contributed by atoms with van der Waals surface area (Å²) in [6.45, 7) is 5.46. The Morgan fingerprint density at radius 2 is 2.10 bits per heavy atom. The first kappa shape index (κ1) is 14.1. The van der Waals surface area contributed by atoms with Crippen LogP contribution in [0, 0.1) is 0 Å². The normalized spacial score (nSPS) is 13.0. The summed E-state index contributed by atoms with van der Waals surface area (Å²) in [6, 6.07) is 12.3. The van der Waals surface area contributed by atoms with Gasteiger partial charge in [0.2, 0.25) is 0 Å². The number of hydrogen-bond donors (Lipinski definition) is 2. The first-order valence-electron chi connectivity index (χ1n) is 6.78. The van der Waals surface area contributed by atoms with Crippen LogP contribution in [0.1, 0.15) is 31.1 Å². The molecule has 0 amide bonds. The summed E-state index contributed by atoms with van der Waals surface area (Å²) >= 11 is 0. The largest absolute Gasteiger partial charge is 0.364 e. The van der Waals surface area contributed by atoms with Crippen molar-refractivity contribution < 1.29 is 4.52 Å². The van der Waals surface area contributed by atoms with Gasteiger partial charge < -0.3 is 15.2 Å². The minimum Gasteiger partial charge on any atom is -0.364 e. The summed E-state index contributed by atoms with van der Waals surface area (Å²) in [7, 11) is 0. The minimum atomic E-state index is 0.186. The summed E-state index contributed by atoms with van der Waals surface area (Å²) in [5.74, 6) is 0.770. The fraction of sp³-hybridized carbons (Fsp3) is 0.333. The van der Waals surface area contributed by atoms with Gasteiger partial charge in [-0.2, -0.15) is 0 Å². The van der Waals surface area contributed by atoms with Gasteiger partial charge in [0, 0.05) is 12.6 Å². The zero-order valence-corrected chi connectivity index (χ0v) is 11.8. The second-order valence-electron chi connectivity index (χ2n) is 4.46. The van der Waals surface area contributed by atoms with Gasteiger partial charge in [-0.1, -0.05) is 35.5 Å². The first-order chi connectivity index (χ1) is 9.79. The molecule has 2 N–H and O–H groups in total. The number of benzene rings is 1.